The van der Waals surface area contributed by atoms with Gasteiger partial charge in [-0.3, -0.25) is 4.79 Å². The van der Waals surface area contributed by atoms with E-state index in [1.54, 1.807) is 0 Å². The molecule has 2 aliphatic carbocycles. The molecule has 2 fully saturated rings. The standard InChI is InChI=1S/C17H22BrNO2/c1-10(8-11-2-6-14(18)7-3-11)19-16-13-5-4-12(9-13)15(16)17(20)21/h2-3,6-7,10,12-13,15-16,19H,4-5,8-9H2,1H3,(H,20,21). The van der Waals surface area contributed by atoms with E-state index in [4.69, 9.17) is 0 Å². The molecule has 114 valence electrons. The molecule has 21 heavy (non-hydrogen) atoms. The molecule has 2 saturated carbocycles. The number of rotatable bonds is 5. The minimum atomic E-state index is -0.615. The van der Waals surface area contributed by atoms with Crippen LogP contribution < -0.4 is 5.32 Å². The lowest BCUT2D eigenvalue weighted by atomic mass is 9.84. The van der Waals surface area contributed by atoms with Crippen molar-refractivity contribution in [3.05, 3.63) is 34.3 Å². The number of nitrogens with one attached hydrogen (secondary N) is 1. The van der Waals surface area contributed by atoms with E-state index in [2.05, 4.69) is 52.4 Å². The number of fused-ring (bicyclic) bond motifs is 2. The van der Waals surface area contributed by atoms with E-state index in [9.17, 15) is 9.90 Å². The van der Waals surface area contributed by atoms with Gasteiger partial charge in [0.1, 0.15) is 0 Å². The highest BCUT2D eigenvalue weighted by Crippen LogP contribution is 2.48. The third-order valence-corrected chi connectivity index (χ3v) is 5.66. The summed E-state index contributed by atoms with van der Waals surface area (Å²) in [5.74, 6) is 0.153. The van der Waals surface area contributed by atoms with Crippen LogP contribution in [0.15, 0.2) is 28.7 Å². The van der Waals surface area contributed by atoms with Crippen LogP contribution in [-0.2, 0) is 11.2 Å². The summed E-state index contributed by atoms with van der Waals surface area (Å²) in [6, 6.07) is 8.82. The van der Waals surface area contributed by atoms with E-state index in [-0.39, 0.29) is 12.0 Å². The number of halogens is 1. The van der Waals surface area contributed by atoms with Crippen LogP contribution in [0.5, 0.6) is 0 Å². The van der Waals surface area contributed by atoms with Gasteiger partial charge in [0, 0.05) is 16.6 Å². The molecule has 1 aromatic rings. The van der Waals surface area contributed by atoms with Crippen LogP contribution in [0.4, 0.5) is 0 Å². The van der Waals surface area contributed by atoms with Crippen molar-refractivity contribution in [2.75, 3.05) is 0 Å². The Hall–Kier alpha value is -0.870. The van der Waals surface area contributed by atoms with Crippen molar-refractivity contribution in [1.29, 1.82) is 0 Å². The van der Waals surface area contributed by atoms with E-state index < -0.39 is 5.97 Å². The van der Waals surface area contributed by atoms with Crippen LogP contribution in [0.1, 0.15) is 31.7 Å². The van der Waals surface area contributed by atoms with Gasteiger partial charge in [-0.15, -0.1) is 0 Å². The summed E-state index contributed by atoms with van der Waals surface area (Å²) in [6.45, 7) is 2.16. The summed E-state index contributed by atoms with van der Waals surface area (Å²) in [6.07, 6.45) is 4.32. The lowest BCUT2D eigenvalue weighted by molar-refractivity contribution is -0.144. The molecule has 0 saturated heterocycles. The van der Waals surface area contributed by atoms with Crippen LogP contribution in [0.25, 0.3) is 0 Å². The van der Waals surface area contributed by atoms with E-state index >= 15 is 0 Å². The van der Waals surface area contributed by atoms with Crippen molar-refractivity contribution in [1.82, 2.24) is 5.32 Å². The van der Waals surface area contributed by atoms with E-state index in [1.807, 2.05) is 0 Å². The topological polar surface area (TPSA) is 49.3 Å². The minimum absolute atomic E-state index is 0.159. The Bertz CT molecular complexity index is 516. The van der Waals surface area contributed by atoms with Gasteiger partial charge in [0.05, 0.1) is 5.92 Å². The Kier molecular flexibility index (Phi) is 4.36. The zero-order valence-electron chi connectivity index (χ0n) is 12.3. The van der Waals surface area contributed by atoms with Crippen LogP contribution >= 0.6 is 15.9 Å². The number of benzene rings is 1. The van der Waals surface area contributed by atoms with Gasteiger partial charge in [0.2, 0.25) is 0 Å². The zero-order chi connectivity index (χ0) is 15.0. The first-order chi connectivity index (χ1) is 10.0. The predicted octanol–water partition coefficient (Wildman–Crippen LogP) is 3.47. The van der Waals surface area contributed by atoms with Gasteiger partial charge in [0.25, 0.3) is 0 Å². The fraction of sp³-hybridized carbons (Fsp3) is 0.588. The van der Waals surface area contributed by atoms with E-state index in [0.717, 1.165) is 23.7 Å². The Balaban J connectivity index is 1.62. The molecule has 0 spiro atoms. The van der Waals surface area contributed by atoms with Gasteiger partial charge in [-0.1, -0.05) is 28.1 Å². The van der Waals surface area contributed by atoms with E-state index in [0.29, 0.717) is 17.9 Å². The number of hydrogen-bond acceptors (Lipinski definition) is 2. The fourth-order valence-corrected chi connectivity index (χ4v) is 4.51. The highest BCUT2D eigenvalue weighted by atomic mass is 79.9. The average Bonchev–Trinajstić information content (AvgIpc) is 3.02. The Labute approximate surface area is 134 Å². The fourth-order valence-electron chi connectivity index (χ4n) is 4.25. The molecule has 0 heterocycles. The van der Waals surface area contributed by atoms with Crippen LogP contribution in [0.3, 0.4) is 0 Å². The van der Waals surface area contributed by atoms with Gasteiger partial charge in [-0.25, -0.2) is 0 Å². The SMILES string of the molecule is CC(Cc1ccc(Br)cc1)NC1C2CCC(C2)C1C(=O)O. The van der Waals surface area contributed by atoms with E-state index in [1.165, 1.54) is 12.0 Å². The second kappa shape index (κ2) is 6.09. The maximum absolute atomic E-state index is 11.5. The number of carboxylic acids is 1. The number of hydrogen-bond donors (Lipinski definition) is 2. The minimum Gasteiger partial charge on any atom is -0.481 e. The summed E-state index contributed by atoms with van der Waals surface area (Å²) < 4.78 is 1.09. The van der Waals surface area contributed by atoms with Crippen LogP contribution in [0, 0.1) is 17.8 Å². The molecule has 1 aromatic carbocycles. The molecular weight excluding hydrogens is 330 g/mol. The van der Waals surface area contributed by atoms with Crippen molar-refractivity contribution in [3.8, 4) is 0 Å². The zero-order valence-corrected chi connectivity index (χ0v) is 13.8. The maximum atomic E-state index is 11.5. The lowest BCUT2D eigenvalue weighted by Gasteiger charge is -2.31. The third-order valence-electron chi connectivity index (χ3n) is 5.13. The first-order valence-corrected chi connectivity index (χ1v) is 8.57. The molecule has 3 rings (SSSR count). The molecule has 2 bridgehead atoms. The van der Waals surface area contributed by atoms with Gasteiger partial charge < -0.3 is 10.4 Å². The van der Waals surface area contributed by atoms with Crippen molar-refractivity contribution < 1.29 is 9.90 Å². The van der Waals surface area contributed by atoms with Gasteiger partial charge in [0.15, 0.2) is 0 Å². The summed E-state index contributed by atoms with van der Waals surface area (Å²) in [5, 5.41) is 13.1. The smallest absolute Gasteiger partial charge is 0.308 e. The molecule has 4 heteroatoms. The van der Waals surface area contributed by atoms with Crippen LogP contribution in [-0.4, -0.2) is 23.2 Å². The molecule has 0 amide bonds. The number of carbonyl (C=O) groups is 1. The highest BCUT2D eigenvalue weighted by Gasteiger charge is 2.51. The molecule has 5 atom stereocenters. The number of carboxylic acid groups (broad SMARTS) is 1. The largest absolute Gasteiger partial charge is 0.481 e. The van der Waals surface area contributed by atoms with Crippen molar-refractivity contribution >= 4 is 21.9 Å². The summed E-state index contributed by atoms with van der Waals surface area (Å²) in [4.78, 5) is 11.5. The second-order valence-corrected chi connectivity index (χ2v) is 7.54. The molecule has 5 unspecified atom stereocenters. The molecule has 0 aromatic heterocycles. The lowest BCUT2D eigenvalue weighted by Crippen LogP contribution is -2.48. The van der Waals surface area contributed by atoms with Gasteiger partial charge >= 0.3 is 5.97 Å². The van der Waals surface area contributed by atoms with Crippen molar-refractivity contribution in [3.63, 3.8) is 0 Å². The molecule has 0 aliphatic heterocycles. The van der Waals surface area contributed by atoms with Crippen molar-refractivity contribution in [2.45, 2.75) is 44.7 Å². The second-order valence-electron chi connectivity index (χ2n) is 6.62. The van der Waals surface area contributed by atoms with Crippen LogP contribution in [0.2, 0.25) is 0 Å². The van der Waals surface area contributed by atoms with Gasteiger partial charge in [-0.05, 0) is 62.1 Å². The molecule has 0 radical (unpaired) electrons. The Morgan fingerprint density at radius 3 is 2.67 bits per heavy atom. The third kappa shape index (κ3) is 3.16. The first kappa shape index (κ1) is 15.0. The summed E-state index contributed by atoms with van der Waals surface area (Å²) in [5.41, 5.74) is 1.29. The normalized spacial score (nSPS) is 32.3. The van der Waals surface area contributed by atoms with Gasteiger partial charge in [-0.2, -0.15) is 0 Å². The molecule has 3 nitrogen and oxygen atoms in total. The quantitative estimate of drug-likeness (QED) is 0.853. The Morgan fingerprint density at radius 1 is 1.33 bits per heavy atom. The predicted molar refractivity (Wildman–Crippen MR) is 86.2 cm³/mol. The average molecular weight is 352 g/mol. The summed E-state index contributed by atoms with van der Waals surface area (Å²) >= 11 is 3.45. The highest BCUT2D eigenvalue weighted by molar-refractivity contribution is 9.10. The van der Waals surface area contributed by atoms with Crippen molar-refractivity contribution in [2.24, 2.45) is 17.8 Å². The summed E-state index contributed by atoms with van der Waals surface area (Å²) in [7, 11) is 0. The number of aliphatic carboxylic acids is 1. The maximum Gasteiger partial charge on any atom is 0.308 e. The first-order valence-electron chi connectivity index (χ1n) is 7.78. The Morgan fingerprint density at radius 2 is 2.00 bits per heavy atom. The monoisotopic (exact) mass is 351 g/mol. The molecule has 2 N–H and O–H groups in total. The molecule has 2 aliphatic rings. The molecular formula is C17H22BrNO2.